The summed E-state index contributed by atoms with van der Waals surface area (Å²) in [4.78, 5) is 56.2. The van der Waals surface area contributed by atoms with E-state index in [4.69, 9.17) is 9.47 Å². The van der Waals surface area contributed by atoms with Gasteiger partial charge in [-0.05, 0) is 43.2 Å². The van der Waals surface area contributed by atoms with Crippen LogP contribution >= 0.6 is 11.3 Å². The van der Waals surface area contributed by atoms with Crippen LogP contribution in [0, 0.1) is 11.6 Å². The van der Waals surface area contributed by atoms with Gasteiger partial charge in [0.05, 0.1) is 24.3 Å². The van der Waals surface area contributed by atoms with Crippen molar-refractivity contribution >= 4 is 50.8 Å². The zero-order valence-electron chi connectivity index (χ0n) is 26.8. The Labute approximate surface area is 288 Å². The second kappa shape index (κ2) is 14.4. The number of carbonyl (C=O) groups is 3. The molecule has 1 unspecified atom stereocenters. The molecule has 7 rings (SSSR count). The minimum Gasteiger partial charge on any atom is -0.486 e. The van der Waals surface area contributed by atoms with E-state index in [-0.39, 0.29) is 42.3 Å². The topological polar surface area (TPSA) is 170 Å². The molecule has 2 aromatic heterocycles. The summed E-state index contributed by atoms with van der Waals surface area (Å²) in [6.07, 6.45) is 1.52. The van der Waals surface area contributed by atoms with E-state index in [0.29, 0.717) is 74.6 Å². The van der Waals surface area contributed by atoms with Crippen LogP contribution in [0.15, 0.2) is 40.5 Å². The molecule has 4 aromatic rings. The monoisotopic (exact) mass is 708 g/mol. The van der Waals surface area contributed by atoms with E-state index in [1.54, 1.807) is 23.6 Å². The van der Waals surface area contributed by atoms with Gasteiger partial charge in [0.2, 0.25) is 17.6 Å². The first-order valence-corrected chi connectivity index (χ1v) is 17.3. The summed E-state index contributed by atoms with van der Waals surface area (Å²) in [6.45, 7) is 3.07. The molecule has 262 valence electrons. The van der Waals surface area contributed by atoms with Gasteiger partial charge in [0.25, 0.3) is 11.5 Å². The summed E-state index contributed by atoms with van der Waals surface area (Å²) in [7, 11) is 0. The van der Waals surface area contributed by atoms with Gasteiger partial charge in [0.1, 0.15) is 17.7 Å². The first-order valence-electron chi connectivity index (χ1n) is 16.4. The molecule has 0 spiro atoms. The van der Waals surface area contributed by atoms with E-state index >= 15 is 0 Å². The van der Waals surface area contributed by atoms with Crippen LogP contribution in [0.3, 0.4) is 0 Å². The van der Waals surface area contributed by atoms with Gasteiger partial charge in [-0.1, -0.05) is 5.21 Å². The van der Waals surface area contributed by atoms with Gasteiger partial charge in [-0.3, -0.25) is 24.5 Å². The van der Waals surface area contributed by atoms with Crippen LogP contribution in [-0.4, -0.2) is 82.7 Å². The van der Waals surface area contributed by atoms with Crippen LogP contribution in [0.25, 0.3) is 22.2 Å². The van der Waals surface area contributed by atoms with Crippen LogP contribution in [0.1, 0.15) is 44.6 Å². The third kappa shape index (κ3) is 7.14. The van der Waals surface area contributed by atoms with Gasteiger partial charge in [-0.2, -0.15) is 9.07 Å². The Balaban J connectivity index is 0.884. The number of benzene rings is 2. The van der Waals surface area contributed by atoms with E-state index in [1.807, 2.05) is 0 Å². The molecule has 1 atom stereocenters. The number of fused-ring (bicyclic) bond motifs is 1. The highest BCUT2D eigenvalue weighted by Gasteiger charge is 2.34. The number of hydrogen-bond acceptors (Lipinski definition) is 12. The van der Waals surface area contributed by atoms with E-state index in [9.17, 15) is 28.0 Å². The van der Waals surface area contributed by atoms with Crippen LogP contribution in [0.2, 0.25) is 0 Å². The van der Waals surface area contributed by atoms with Gasteiger partial charge in [0, 0.05) is 68.0 Å². The van der Waals surface area contributed by atoms with Crippen molar-refractivity contribution in [2.75, 3.05) is 43.1 Å². The molecule has 14 nitrogen and oxygen atoms in total. The molecule has 3 amide bonds. The van der Waals surface area contributed by atoms with Crippen molar-refractivity contribution in [3.63, 3.8) is 0 Å². The number of morpholine rings is 1. The van der Waals surface area contributed by atoms with Gasteiger partial charge >= 0.3 is 0 Å². The lowest BCUT2D eigenvalue weighted by molar-refractivity contribution is -0.136. The summed E-state index contributed by atoms with van der Waals surface area (Å²) in [5.41, 5.74) is 1.39. The Morgan fingerprint density at radius 1 is 1.12 bits per heavy atom. The Morgan fingerprint density at radius 3 is 2.74 bits per heavy atom. The molecule has 50 heavy (non-hydrogen) atoms. The van der Waals surface area contributed by atoms with Gasteiger partial charge in [-0.25, -0.2) is 9.37 Å². The Hall–Kier alpha value is -5.03. The lowest BCUT2D eigenvalue weighted by Gasteiger charge is -2.36. The highest BCUT2D eigenvalue weighted by molar-refractivity contribution is 7.14. The van der Waals surface area contributed by atoms with Crippen molar-refractivity contribution in [3.05, 3.63) is 57.7 Å². The van der Waals surface area contributed by atoms with Crippen LogP contribution in [0.4, 0.5) is 19.6 Å². The highest BCUT2D eigenvalue weighted by atomic mass is 32.1. The van der Waals surface area contributed by atoms with Crippen molar-refractivity contribution in [1.82, 2.24) is 30.6 Å². The molecule has 2 aromatic carbocycles. The highest BCUT2D eigenvalue weighted by Crippen LogP contribution is 2.39. The maximum absolute atomic E-state index is 15.0. The average molecular weight is 709 g/mol. The number of hydrogen-bond donors (Lipinski definition) is 3. The summed E-state index contributed by atoms with van der Waals surface area (Å²) in [6, 6.07) is 6.48. The molecule has 2 saturated heterocycles. The van der Waals surface area contributed by atoms with E-state index in [1.165, 1.54) is 17.4 Å². The summed E-state index contributed by atoms with van der Waals surface area (Å²) in [5, 5.41) is 19.2. The fourth-order valence-corrected chi connectivity index (χ4v) is 7.03. The van der Waals surface area contributed by atoms with Crippen molar-refractivity contribution in [2.24, 2.45) is 0 Å². The first kappa shape index (κ1) is 33.5. The smallest absolute Gasteiger partial charge is 0.278 e. The summed E-state index contributed by atoms with van der Waals surface area (Å²) < 4.78 is 41.6. The molecule has 1 aliphatic carbocycles. The standard InChI is InChI=1S/C33H34F2N8O6S/c34-23-5-4-21(25-17-50-33(38-25)42-10-12-48-13-11-42)30(29(23)35)49-20-14-19(15-20)37-27(44)2-1-9-36-18-3-6-24-22(16-18)32(47)43(41-40-24)26-7-8-28(45)39-31(26)46/h3-6,16-17,19-20,26,36H,1-2,7-15H2,(H,37,44)(H,39,45,46). The lowest BCUT2D eigenvalue weighted by atomic mass is 9.89. The molecule has 3 fully saturated rings. The largest absolute Gasteiger partial charge is 0.486 e. The zero-order valence-corrected chi connectivity index (χ0v) is 27.6. The number of rotatable bonds is 11. The van der Waals surface area contributed by atoms with Gasteiger partial charge < -0.3 is 25.0 Å². The molecule has 1 saturated carbocycles. The molecule has 17 heteroatoms. The number of nitrogens with zero attached hydrogens (tertiary/aromatic N) is 5. The number of amides is 3. The second-order valence-corrected chi connectivity index (χ2v) is 13.2. The van der Waals surface area contributed by atoms with Gasteiger partial charge in [0.15, 0.2) is 16.7 Å². The quantitative estimate of drug-likeness (QED) is 0.155. The number of carbonyl (C=O) groups excluding carboxylic acids is 3. The Morgan fingerprint density at radius 2 is 1.94 bits per heavy atom. The number of piperidine rings is 1. The normalized spacial score (nSPS) is 20.7. The molecule has 3 aliphatic rings. The molecule has 4 heterocycles. The molecule has 0 radical (unpaired) electrons. The first-order chi connectivity index (χ1) is 24.2. The van der Waals surface area contributed by atoms with Crippen molar-refractivity contribution in [2.45, 2.75) is 56.7 Å². The molecule has 0 bridgehead atoms. The van der Waals surface area contributed by atoms with Crippen LogP contribution in [0.5, 0.6) is 5.75 Å². The Kier molecular flexibility index (Phi) is 9.67. The van der Waals surface area contributed by atoms with E-state index in [2.05, 4.69) is 36.1 Å². The van der Waals surface area contributed by atoms with E-state index < -0.39 is 41.2 Å². The number of ether oxygens (including phenoxy) is 2. The van der Waals surface area contributed by atoms with E-state index in [0.717, 1.165) is 15.9 Å². The summed E-state index contributed by atoms with van der Waals surface area (Å²) in [5.74, 6) is -3.38. The van der Waals surface area contributed by atoms with Crippen molar-refractivity contribution < 1.29 is 32.6 Å². The van der Waals surface area contributed by atoms with Gasteiger partial charge in [-0.15, -0.1) is 16.4 Å². The predicted molar refractivity (Wildman–Crippen MR) is 179 cm³/mol. The third-order valence-corrected chi connectivity index (χ3v) is 9.84. The number of aromatic nitrogens is 4. The third-order valence-electron chi connectivity index (χ3n) is 8.94. The average Bonchev–Trinajstić information content (AvgIpc) is 3.59. The Bertz CT molecular complexity index is 1990. The fraction of sp³-hybridized carbons (Fsp3) is 0.424. The molecule has 2 aliphatic heterocycles. The lowest BCUT2D eigenvalue weighted by Crippen LogP contribution is -2.49. The van der Waals surface area contributed by atoms with Crippen LogP contribution in [-0.2, 0) is 19.1 Å². The fourth-order valence-electron chi connectivity index (χ4n) is 6.15. The molecular weight excluding hydrogens is 674 g/mol. The maximum Gasteiger partial charge on any atom is 0.278 e. The summed E-state index contributed by atoms with van der Waals surface area (Å²) >= 11 is 1.43. The van der Waals surface area contributed by atoms with Crippen molar-refractivity contribution in [1.29, 1.82) is 0 Å². The van der Waals surface area contributed by atoms with Crippen molar-refractivity contribution in [3.8, 4) is 17.0 Å². The number of nitrogens with one attached hydrogen (secondary N) is 3. The minimum atomic E-state index is -1.07. The molecule has 3 N–H and O–H groups in total. The number of halogens is 2. The SMILES string of the molecule is O=C1CCC(n2nnc3ccc(NCCCC(=O)NC4CC(Oc5c(-c6csc(N7CCOCC7)n6)ccc(F)c5F)C4)cc3c2=O)C(=O)N1. The van der Waals surface area contributed by atoms with Crippen LogP contribution < -0.4 is 31.1 Å². The second-order valence-electron chi connectivity index (χ2n) is 12.4. The number of thiazole rings is 1. The predicted octanol–water partition coefficient (Wildman–Crippen LogP) is 2.93. The molecular formula is C33H34F2N8O6S. The number of anilines is 2. The number of imide groups is 1. The zero-order chi connectivity index (χ0) is 34.8. The maximum atomic E-state index is 15.0. The minimum absolute atomic E-state index is 0.105.